The third kappa shape index (κ3) is 5.83. The van der Waals surface area contributed by atoms with Gasteiger partial charge in [-0.1, -0.05) is 36.4 Å². The van der Waals surface area contributed by atoms with Gasteiger partial charge < -0.3 is 15.0 Å². The molecule has 154 valence electrons. The second-order valence-electron chi connectivity index (χ2n) is 7.80. The Hall–Kier alpha value is -2.82. The third-order valence-corrected chi connectivity index (χ3v) is 5.57. The zero-order chi connectivity index (χ0) is 20.8. The topological polar surface area (TPSA) is 58.6 Å². The van der Waals surface area contributed by atoms with E-state index in [4.69, 9.17) is 4.74 Å². The summed E-state index contributed by atoms with van der Waals surface area (Å²) in [6, 6.07) is 17.0. The molecule has 0 radical (unpaired) electrons. The lowest BCUT2D eigenvalue weighted by atomic mass is 9.88. The first kappa shape index (κ1) is 20.9. The molecule has 2 aromatic rings. The van der Waals surface area contributed by atoms with Gasteiger partial charge >= 0.3 is 5.97 Å². The first-order chi connectivity index (χ1) is 13.9. The van der Waals surface area contributed by atoms with E-state index in [-0.39, 0.29) is 17.9 Å². The van der Waals surface area contributed by atoms with Gasteiger partial charge in [-0.3, -0.25) is 9.59 Å². The Kier molecular flexibility index (Phi) is 6.91. The maximum atomic E-state index is 11.2. The van der Waals surface area contributed by atoms with Crippen molar-refractivity contribution in [1.29, 1.82) is 0 Å². The van der Waals surface area contributed by atoms with Crippen LogP contribution in [0.4, 0.5) is 5.69 Å². The summed E-state index contributed by atoms with van der Waals surface area (Å²) in [5, 5.41) is 2.93. The summed E-state index contributed by atoms with van der Waals surface area (Å²) in [6.07, 6.45) is 2.24. The average molecular weight is 395 g/mol. The molecule has 0 unspecified atom stereocenters. The maximum Gasteiger partial charge on any atom is 0.302 e. The highest BCUT2D eigenvalue weighted by molar-refractivity contribution is 5.73. The van der Waals surface area contributed by atoms with E-state index in [1.807, 2.05) is 19.1 Å². The Bertz CT molecular complexity index is 822. The van der Waals surface area contributed by atoms with Gasteiger partial charge in [-0.15, -0.1) is 0 Å². The first-order valence-corrected chi connectivity index (χ1v) is 10.3. The predicted molar refractivity (Wildman–Crippen MR) is 115 cm³/mol. The first-order valence-electron chi connectivity index (χ1n) is 10.3. The lowest BCUT2D eigenvalue weighted by molar-refractivity contribution is -0.142. The highest BCUT2D eigenvalue weighted by Gasteiger charge is 2.21. The van der Waals surface area contributed by atoms with Crippen LogP contribution in [0.5, 0.6) is 0 Å². The smallest absolute Gasteiger partial charge is 0.302 e. The van der Waals surface area contributed by atoms with Gasteiger partial charge in [0.25, 0.3) is 0 Å². The number of nitrogens with one attached hydrogen (secondary N) is 1. The van der Waals surface area contributed by atoms with Crippen molar-refractivity contribution in [2.24, 2.45) is 0 Å². The van der Waals surface area contributed by atoms with E-state index < -0.39 is 0 Å². The molecule has 5 heteroatoms. The van der Waals surface area contributed by atoms with Crippen LogP contribution in [0.3, 0.4) is 0 Å². The normalized spacial score (nSPS) is 15.6. The molecule has 0 aliphatic carbocycles. The molecule has 1 N–H and O–H groups in total. The van der Waals surface area contributed by atoms with Crippen molar-refractivity contribution in [1.82, 2.24) is 5.32 Å². The van der Waals surface area contributed by atoms with Crippen molar-refractivity contribution in [3.63, 3.8) is 0 Å². The molecule has 0 saturated carbocycles. The van der Waals surface area contributed by atoms with Gasteiger partial charge in [0.05, 0.1) is 6.04 Å². The minimum Gasteiger partial charge on any atom is -0.461 e. The minimum absolute atomic E-state index is 0.00615. The van der Waals surface area contributed by atoms with Gasteiger partial charge in [-0.25, -0.2) is 0 Å². The van der Waals surface area contributed by atoms with E-state index in [0.717, 1.165) is 37.1 Å². The van der Waals surface area contributed by atoms with Crippen molar-refractivity contribution in [3.05, 3.63) is 65.2 Å². The van der Waals surface area contributed by atoms with Crippen LogP contribution in [0.25, 0.3) is 0 Å². The minimum atomic E-state index is -0.256. The fourth-order valence-corrected chi connectivity index (χ4v) is 3.90. The molecule has 0 spiro atoms. The summed E-state index contributed by atoms with van der Waals surface area (Å²) in [5.41, 5.74) is 4.73. The monoisotopic (exact) mass is 394 g/mol. The van der Waals surface area contributed by atoms with Gasteiger partial charge in [0.1, 0.15) is 6.61 Å². The summed E-state index contributed by atoms with van der Waals surface area (Å²) in [7, 11) is 0. The molecule has 29 heavy (non-hydrogen) atoms. The SMILES string of the molecule is CC(=O)N[C@@H](C)c1ccc(C2CCN(c3ccc(COC(C)=O)cc3)CC2)cc1. The number of esters is 1. The third-order valence-electron chi connectivity index (χ3n) is 5.57. The number of anilines is 1. The van der Waals surface area contributed by atoms with E-state index in [1.54, 1.807) is 6.92 Å². The molecular weight excluding hydrogens is 364 g/mol. The fourth-order valence-electron chi connectivity index (χ4n) is 3.90. The van der Waals surface area contributed by atoms with Crippen molar-refractivity contribution >= 4 is 17.6 Å². The Morgan fingerprint density at radius 1 is 1.03 bits per heavy atom. The van der Waals surface area contributed by atoms with Crippen LogP contribution in [-0.2, 0) is 20.9 Å². The second-order valence-corrected chi connectivity index (χ2v) is 7.80. The zero-order valence-corrected chi connectivity index (χ0v) is 17.5. The number of nitrogens with zero attached hydrogens (tertiary/aromatic N) is 1. The number of hydrogen-bond acceptors (Lipinski definition) is 4. The molecule has 1 heterocycles. The van der Waals surface area contributed by atoms with E-state index >= 15 is 0 Å². The van der Waals surface area contributed by atoms with E-state index in [0.29, 0.717) is 12.5 Å². The summed E-state index contributed by atoms with van der Waals surface area (Å²) >= 11 is 0. The Morgan fingerprint density at radius 2 is 1.66 bits per heavy atom. The predicted octanol–water partition coefficient (Wildman–Crippen LogP) is 4.33. The molecule has 5 nitrogen and oxygen atoms in total. The highest BCUT2D eigenvalue weighted by atomic mass is 16.5. The van der Waals surface area contributed by atoms with Gasteiger partial charge in [-0.2, -0.15) is 0 Å². The van der Waals surface area contributed by atoms with Gasteiger partial charge in [-0.05, 0) is 54.5 Å². The van der Waals surface area contributed by atoms with Crippen LogP contribution in [0.1, 0.15) is 62.3 Å². The number of piperidine rings is 1. The van der Waals surface area contributed by atoms with Crippen molar-refractivity contribution in [3.8, 4) is 0 Å². The summed E-state index contributed by atoms with van der Waals surface area (Å²) in [4.78, 5) is 24.6. The lowest BCUT2D eigenvalue weighted by Gasteiger charge is -2.34. The van der Waals surface area contributed by atoms with Crippen LogP contribution in [-0.4, -0.2) is 25.0 Å². The molecule has 1 aliphatic rings. The van der Waals surface area contributed by atoms with E-state index in [9.17, 15) is 9.59 Å². The lowest BCUT2D eigenvalue weighted by Crippen LogP contribution is -2.32. The summed E-state index contributed by atoms with van der Waals surface area (Å²) < 4.78 is 5.05. The molecule has 1 atom stereocenters. The molecule has 1 fully saturated rings. The number of carbonyl (C=O) groups is 2. The maximum absolute atomic E-state index is 11.2. The van der Waals surface area contributed by atoms with Gasteiger partial charge in [0.2, 0.25) is 5.91 Å². The van der Waals surface area contributed by atoms with E-state index in [1.165, 1.54) is 18.2 Å². The zero-order valence-electron chi connectivity index (χ0n) is 17.5. The number of hydrogen-bond donors (Lipinski definition) is 1. The van der Waals surface area contributed by atoms with Gasteiger partial charge in [0.15, 0.2) is 0 Å². The summed E-state index contributed by atoms with van der Waals surface area (Å²) in [5.74, 6) is 0.307. The molecule has 1 saturated heterocycles. The molecule has 2 aromatic carbocycles. The Balaban J connectivity index is 1.53. The molecule has 1 amide bonds. The average Bonchev–Trinajstić information content (AvgIpc) is 2.72. The molecule has 3 rings (SSSR count). The molecular formula is C24H30N2O3. The van der Waals surface area contributed by atoms with Crippen molar-refractivity contribution < 1.29 is 14.3 Å². The Labute approximate surface area is 173 Å². The molecule has 0 aromatic heterocycles. The Morgan fingerprint density at radius 3 is 2.21 bits per heavy atom. The molecule has 0 bridgehead atoms. The van der Waals surface area contributed by atoms with Crippen LogP contribution < -0.4 is 10.2 Å². The van der Waals surface area contributed by atoms with Crippen LogP contribution in [0.2, 0.25) is 0 Å². The number of amides is 1. The van der Waals surface area contributed by atoms with Crippen molar-refractivity contribution in [2.75, 3.05) is 18.0 Å². The van der Waals surface area contributed by atoms with Crippen LogP contribution in [0, 0.1) is 0 Å². The summed E-state index contributed by atoms with van der Waals surface area (Å²) in [6.45, 7) is 7.36. The number of benzene rings is 2. The van der Waals surface area contributed by atoms with E-state index in [2.05, 4.69) is 46.6 Å². The number of rotatable bonds is 6. The van der Waals surface area contributed by atoms with Crippen LogP contribution >= 0.6 is 0 Å². The van der Waals surface area contributed by atoms with Crippen LogP contribution in [0.15, 0.2) is 48.5 Å². The quantitative estimate of drug-likeness (QED) is 0.741. The van der Waals surface area contributed by atoms with Crippen molar-refractivity contribution in [2.45, 2.75) is 52.2 Å². The largest absolute Gasteiger partial charge is 0.461 e. The highest BCUT2D eigenvalue weighted by Crippen LogP contribution is 2.31. The van der Waals surface area contributed by atoms with Gasteiger partial charge in [0, 0.05) is 32.6 Å². The number of carbonyl (C=O) groups excluding carboxylic acids is 2. The standard InChI is InChI=1S/C24H30N2O3/c1-17(25-18(2)27)21-6-8-22(9-7-21)23-12-14-26(15-13-23)24-10-4-20(5-11-24)16-29-19(3)28/h4-11,17,23H,12-16H2,1-3H3,(H,25,27)/t17-/m0/s1. The fraction of sp³-hybridized carbons (Fsp3) is 0.417. The molecule has 1 aliphatic heterocycles. The number of ether oxygens (including phenoxy) is 1. The second kappa shape index (κ2) is 9.59.